The second-order valence-corrected chi connectivity index (χ2v) is 7.32. The third kappa shape index (κ3) is 3.36. The van der Waals surface area contributed by atoms with Crippen molar-refractivity contribution in [3.8, 4) is 29.3 Å². The van der Waals surface area contributed by atoms with Crippen molar-refractivity contribution in [3.63, 3.8) is 0 Å². The minimum atomic E-state index is -0.702. The Balaban J connectivity index is 2.03. The van der Waals surface area contributed by atoms with Gasteiger partial charge in [-0.25, -0.2) is 13.8 Å². The van der Waals surface area contributed by atoms with Gasteiger partial charge >= 0.3 is 5.69 Å². The highest BCUT2D eigenvalue weighted by molar-refractivity contribution is 6.30. The molecule has 0 radical (unpaired) electrons. The second kappa shape index (κ2) is 7.30. The molecule has 0 saturated heterocycles. The van der Waals surface area contributed by atoms with E-state index in [9.17, 15) is 14.0 Å². The summed E-state index contributed by atoms with van der Waals surface area (Å²) in [5.41, 5.74) is 0.772. The van der Waals surface area contributed by atoms with Crippen LogP contribution in [0.2, 0.25) is 5.02 Å². The average molecular weight is 411 g/mol. The van der Waals surface area contributed by atoms with Gasteiger partial charge in [-0.3, -0.25) is 19.3 Å². The molecule has 3 heterocycles. The number of terminal acetylenes is 1. The van der Waals surface area contributed by atoms with Crippen LogP contribution in [-0.4, -0.2) is 19.1 Å². The van der Waals surface area contributed by atoms with E-state index >= 15 is 0 Å². The molecule has 1 aliphatic carbocycles. The summed E-state index contributed by atoms with van der Waals surface area (Å²) in [5.74, 6) is 2.12. The summed E-state index contributed by atoms with van der Waals surface area (Å²) in [4.78, 5) is 34.6. The molecule has 0 amide bonds. The molecule has 3 aromatic rings. The SMILES string of the molecule is C#CCn1c(C)c(-c2cc(Cl)c(F)cn2)c(=O)n(-c2cncc(C3CC3)c2)c1=O. The van der Waals surface area contributed by atoms with E-state index in [1.807, 2.05) is 0 Å². The monoisotopic (exact) mass is 410 g/mol. The quantitative estimate of drug-likeness (QED) is 0.620. The molecule has 1 aliphatic rings. The number of aromatic nitrogens is 4. The van der Waals surface area contributed by atoms with Gasteiger partial charge in [0.25, 0.3) is 5.56 Å². The maximum absolute atomic E-state index is 13.6. The molecule has 0 unspecified atom stereocenters. The summed E-state index contributed by atoms with van der Waals surface area (Å²) in [7, 11) is 0. The highest BCUT2D eigenvalue weighted by Gasteiger charge is 2.25. The molecule has 1 saturated carbocycles. The van der Waals surface area contributed by atoms with Crippen molar-refractivity contribution in [3.05, 3.63) is 73.7 Å². The Bertz CT molecular complexity index is 1290. The Morgan fingerprint density at radius 1 is 1.28 bits per heavy atom. The third-order valence-corrected chi connectivity index (χ3v) is 5.26. The van der Waals surface area contributed by atoms with E-state index in [2.05, 4.69) is 15.9 Å². The smallest absolute Gasteiger partial charge is 0.285 e. The third-order valence-electron chi connectivity index (χ3n) is 4.97. The van der Waals surface area contributed by atoms with Crippen LogP contribution in [0, 0.1) is 25.1 Å². The van der Waals surface area contributed by atoms with Gasteiger partial charge in [-0.15, -0.1) is 6.42 Å². The molecule has 29 heavy (non-hydrogen) atoms. The maximum Gasteiger partial charge on any atom is 0.336 e. The van der Waals surface area contributed by atoms with Gasteiger partial charge in [0.15, 0.2) is 5.82 Å². The molecular formula is C21H16ClFN4O2. The average Bonchev–Trinajstić information content (AvgIpc) is 3.54. The Kier molecular flexibility index (Phi) is 4.81. The number of hydrogen-bond donors (Lipinski definition) is 0. The zero-order valence-electron chi connectivity index (χ0n) is 15.5. The zero-order valence-corrected chi connectivity index (χ0v) is 16.3. The number of pyridine rings is 2. The van der Waals surface area contributed by atoms with Gasteiger partial charge < -0.3 is 0 Å². The molecule has 146 valence electrons. The Morgan fingerprint density at radius 3 is 2.69 bits per heavy atom. The molecule has 8 heteroatoms. The minimum Gasteiger partial charge on any atom is -0.285 e. The van der Waals surface area contributed by atoms with Gasteiger partial charge in [0.2, 0.25) is 0 Å². The predicted molar refractivity (Wildman–Crippen MR) is 108 cm³/mol. The van der Waals surface area contributed by atoms with Gasteiger partial charge in [-0.1, -0.05) is 17.5 Å². The highest BCUT2D eigenvalue weighted by atomic mass is 35.5. The van der Waals surface area contributed by atoms with Crippen LogP contribution in [-0.2, 0) is 6.54 Å². The van der Waals surface area contributed by atoms with Gasteiger partial charge in [0, 0.05) is 11.9 Å². The van der Waals surface area contributed by atoms with Crippen molar-refractivity contribution < 1.29 is 4.39 Å². The van der Waals surface area contributed by atoms with E-state index in [1.54, 1.807) is 19.2 Å². The number of halogens is 2. The fourth-order valence-corrected chi connectivity index (χ4v) is 3.46. The molecule has 0 aliphatic heterocycles. The van der Waals surface area contributed by atoms with Crippen LogP contribution in [0.1, 0.15) is 30.0 Å². The first kappa shape index (κ1) is 19.1. The number of nitrogens with zero attached hydrogens (tertiary/aromatic N) is 4. The summed E-state index contributed by atoms with van der Waals surface area (Å²) >= 11 is 5.89. The van der Waals surface area contributed by atoms with Crippen LogP contribution in [0.3, 0.4) is 0 Å². The standard InChI is InChI=1S/C21H16ClFN4O2/c1-3-6-26-12(2)19(18-8-16(22)17(23)11-25-18)20(28)27(21(26)29)15-7-14(9-24-10-15)13-4-5-13/h1,7-11,13H,4-6H2,2H3. The van der Waals surface area contributed by atoms with E-state index in [-0.39, 0.29) is 22.8 Å². The summed E-state index contributed by atoms with van der Waals surface area (Å²) in [5, 5.41) is -0.174. The number of hydrogen-bond acceptors (Lipinski definition) is 4. The molecule has 0 spiro atoms. The first-order chi connectivity index (χ1) is 13.9. The van der Waals surface area contributed by atoms with Gasteiger partial charge in [0.1, 0.15) is 0 Å². The molecule has 0 N–H and O–H groups in total. The van der Waals surface area contributed by atoms with Crippen LogP contribution in [0.5, 0.6) is 0 Å². The largest absolute Gasteiger partial charge is 0.336 e. The minimum absolute atomic E-state index is 0.0391. The molecule has 1 fully saturated rings. The molecular weight excluding hydrogens is 395 g/mol. The van der Waals surface area contributed by atoms with Crippen molar-refractivity contribution in [1.29, 1.82) is 0 Å². The Morgan fingerprint density at radius 2 is 2.03 bits per heavy atom. The lowest BCUT2D eigenvalue weighted by Crippen LogP contribution is -2.41. The Labute approximate surface area is 170 Å². The van der Waals surface area contributed by atoms with Crippen molar-refractivity contribution in [1.82, 2.24) is 19.1 Å². The van der Waals surface area contributed by atoms with Crippen LogP contribution >= 0.6 is 11.6 Å². The fraction of sp³-hybridized carbons (Fsp3) is 0.238. The molecule has 0 bridgehead atoms. The highest BCUT2D eigenvalue weighted by Crippen LogP contribution is 2.40. The lowest BCUT2D eigenvalue weighted by Gasteiger charge is -2.16. The van der Waals surface area contributed by atoms with E-state index in [4.69, 9.17) is 18.0 Å². The second-order valence-electron chi connectivity index (χ2n) is 6.91. The molecule has 6 nitrogen and oxygen atoms in total. The van der Waals surface area contributed by atoms with Crippen LogP contribution in [0.4, 0.5) is 4.39 Å². The van der Waals surface area contributed by atoms with E-state index < -0.39 is 17.1 Å². The topological polar surface area (TPSA) is 69.8 Å². The van der Waals surface area contributed by atoms with Gasteiger partial charge in [-0.2, -0.15) is 0 Å². The molecule has 0 aromatic carbocycles. The van der Waals surface area contributed by atoms with Crippen LogP contribution in [0.15, 0.2) is 40.3 Å². The zero-order chi connectivity index (χ0) is 20.7. The van der Waals surface area contributed by atoms with Crippen molar-refractivity contribution in [2.75, 3.05) is 0 Å². The van der Waals surface area contributed by atoms with Crippen molar-refractivity contribution in [2.45, 2.75) is 32.2 Å². The molecule has 0 atom stereocenters. The van der Waals surface area contributed by atoms with Crippen molar-refractivity contribution >= 4 is 11.6 Å². The molecule has 4 rings (SSSR count). The summed E-state index contributed by atoms with van der Waals surface area (Å²) < 4.78 is 15.9. The predicted octanol–water partition coefficient (Wildman–Crippen LogP) is 3.07. The number of rotatable bonds is 4. The van der Waals surface area contributed by atoms with Crippen LogP contribution < -0.4 is 11.2 Å². The van der Waals surface area contributed by atoms with Gasteiger partial charge in [0.05, 0.1) is 40.9 Å². The molecule has 3 aromatic heterocycles. The van der Waals surface area contributed by atoms with Gasteiger partial charge in [-0.05, 0) is 43.4 Å². The van der Waals surface area contributed by atoms with E-state index in [1.165, 1.54) is 16.8 Å². The summed E-state index contributed by atoms with van der Waals surface area (Å²) in [6.45, 7) is 1.56. The maximum atomic E-state index is 13.6. The first-order valence-electron chi connectivity index (χ1n) is 8.99. The summed E-state index contributed by atoms with van der Waals surface area (Å²) in [6, 6.07) is 3.05. The van der Waals surface area contributed by atoms with Crippen LogP contribution in [0.25, 0.3) is 16.9 Å². The Hall–Kier alpha value is -3.24. The lowest BCUT2D eigenvalue weighted by molar-refractivity contribution is 0.622. The normalized spacial score (nSPS) is 13.3. The van der Waals surface area contributed by atoms with E-state index in [0.717, 1.165) is 29.2 Å². The lowest BCUT2D eigenvalue weighted by atomic mass is 10.1. The van der Waals surface area contributed by atoms with Crippen molar-refractivity contribution in [2.24, 2.45) is 0 Å². The first-order valence-corrected chi connectivity index (χ1v) is 9.36. The van der Waals surface area contributed by atoms with E-state index in [0.29, 0.717) is 17.3 Å². The fourth-order valence-electron chi connectivity index (χ4n) is 3.31. The summed E-state index contributed by atoms with van der Waals surface area (Å²) in [6.07, 6.45) is 11.7.